The number of aliphatic hydroxyl groups excluding tert-OH is 2. The van der Waals surface area contributed by atoms with E-state index in [1.54, 1.807) is 26.0 Å². The van der Waals surface area contributed by atoms with E-state index in [1.807, 2.05) is 32.9 Å². The first kappa shape index (κ1) is 31.2. The summed E-state index contributed by atoms with van der Waals surface area (Å²) in [6.45, 7) is 12.5. The third-order valence-electron chi connectivity index (χ3n) is 7.37. The second kappa shape index (κ2) is 13.7. The topological polar surface area (TPSA) is 126 Å². The minimum absolute atomic E-state index is 0.100. The van der Waals surface area contributed by atoms with Crippen LogP contribution in [0.3, 0.4) is 0 Å². The van der Waals surface area contributed by atoms with Gasteiger partial charge in [-0.2, -0.15) is 0 Å². The van der Waals surface area contributed by atoms with Crippen molar-refractivity contribution >= 4 is 11.9 Å². The summed E-state index contributed by atoms with van der Waals surface area (Å²) in [5, 5.41) is 31.0. The van der Waals surface area contributed by atoms with E-state index in [4.69, 9.17) is 14.2 Å². The Hall–Kier alpha value is -2.00. The summed E-state index contributed by atoms with van der Waals surface area (Å²) in [5.41, 5.74) is -0.581. The number of epoxide rings is 1. The molecule has 0 spiro atoms. The highest BCUT2D eigenvalue weighted by molar-refractivity contribution is 5.70. The van der Waals surface area contributed by atoms with Crippen molar-refractivity contribution < 1.29 is 39.1 Å². The molecule has 0 bridgehead atoms. The molecule has 0 aromatic heterocycles. The lowest BCUT2D eigenvalue weighted by Gasteiger charge is -2.32. The quantitative estimate of drug-likeness (QED) is 0.191. The van der Waals surface area contributed by atoms with Gasteiger partial charge in [-0.05, 0) is 57.6 Å². The number of carbonyl (C=O) groups excluding carboxylic acids is 2. The summed E-state index contributed by atoms with van der Waals surface area (Å²) in [6, 6.07) is 0. The van der Waals surface area contributed by atoms with E-state index in [2.05, 4.69) is 13.0 Å². The van der Waals surface area contributed by atoms with Gasteiger partial charge >= 0.3 is 11.9 Å². The maximum Gasteiger partial charge on any atom is 0.309 e. The maximum atomic E-state index is 12.6. The van der Waals surface area contributed by atoms with Crippen molar-refractivity contribution in [3.63, 3.8) is 0 Å². The van der Waals surface area contributed by atoms with E-state index in [0.717, 1.165) is 12.0 Å². The van der Waals surface area contributed by atoms with Crippen LogP contribution in [0.4, 0.5) is 0 Å². The predicted molar refractivity (Wildman–Crippen MR) is 140 cm³/mol. The average Bonchev–Trinajstić information content (AvgIpc) is 3.55. The second-order valence-electron chi connectivity index (χ2n) is 11.2. The summed E-state index contributed by atoms with van der Waals surface area (Å²) in [7, 11) is 0. The number of esters is 2. The number of hydrogen-bond acceptors (Lipinski definition) is 8. The molecule has 210 valence electrons. The zero-order chi connectivity index (χ0) is 27.9. The van der Waals surface area contributed by atoms with Gasteiger partial charge in [-0.15, -0.1) is 0 Å². The van der Waals surface area contributed by atoms with Gasteiger partial charge in [-0.1, -0.05) is 45.1 Å². The number of cyclic esters (lactones) is 1. The maximum absolute atomic E-state index is 12.6. The van der Waals surface area contributed by atoms with Gasteiger partial charge in [0.15, 0.2) is 0 Å². The van der Waals surface area contributed by atoms with Crippen LogP contribution in [0.15, 0.2) is 36.0 Å². The van der Waals surface area contributed by atoms with Gasteiger partial charge in [0.05, 0.1) is 30.8 Å². The molecule has 37 heavy (non-hydrogen) atoms. The molecule has 3 N–H and O–H groups in total. The van der Waals surface area contributed by atoms with E-state index >= 15 is 0 Å². The first-order valence-corrected chi connectivity index (χ1v) is 13.3. The van der Waals surface area contributed by atoms with Gasteiger partial charge < -0.3 is 29.5 Å². The highest BCUT2D eigenvalue weighted by atomic mass is 16.6. The lowest BCUT2D eigenvalue weighted by atomic mass is 9.88. The van der Waals surface area contributed by atoms with Crippen molar-refractivity contribution in [3.05, 3.63) is 36.0 Å². The molecule has 10 atom stereocenters. The van der Waals surface area contributed by atoms with E-state index in [-0.39, 0.29) is 49.2 Å². The summed E-state index contributed by atoms with van der Waals surface area (Å²) in [5.74, 6) is -0.936. The number of ether oxygens (including phenoxy) is 3. The van der Waals surface area contributed by atoms with Gasteiger partial charge in [0.25, 0.3) is 0 Å². The van der Waals surface area contributed by atoms with Crippen LogP contribution < -0.4 is 0 Å². The monoisotopic (exact) mass is 522 g/mol. The zero-order valence-electron chi connectivity index (χ0n) is 23.3. The third kappa shape index (κ3) is 10.0. The molecule has 2 aliphatic rings. The molecule has 8 nitrogen and oxygen atoms in total. The molecule has 0 saturated carbocycles. The van der Waals surface area contributed by atoms with E-state index in [9.17, 15) is 24.9 Å². The Bertz CT molecular complexity index is 858. The number of allylic oxidation sites excluding steroid dienone is 3. The normalized spacial score (nSPS) is 37.0. The summed E-state index contributed by atoms with van der Waals surface area (Å²) in [6.07, 6.45) is 7.70. The molecule has 2 rings (SSSR count). The van der Waals surface area contributed by atoms with Crippen LogP contribution in [0.2, 0.25) is 0 Å². The lowest BCUT2D eigenvalue weighted by molar-refractivity contribution is -0.157. The molecule has 8 heteroatoms. The van der Waals surface area contributed by atoms with E-state index in [1.165, 1.54) is 6.92 Å². The Morgan fingerprint density at radius 2 is 1.95 bits per heavy atom. The van der Waals surface area contributed by atoms with E-state index < -0.39 is 42.0 Å². The predicted octanol–water partition coefficient (Wildman–Crippen LogP) is 3.63. The van der Waals surface area contributed by atoms with Crippen LogP contribution >= 0.6 is 0 Å². The minimum atomic E-state index is -1.40. The first-order valence-electron chi connectivity index (χ1n) is 13.3. The second-order valence-corrected chi connectivity index (χ2v) is 11.2. The molecule has 2 aliphatic heterocycles. The van der Waals surface area contributed by atoms with Gasteiger partial charge in [0.1, 0.15) is 17.8 Å². The zero-order valence-corrected chi connectivity index (χ0v) is 23.3. The number of carbonyl (C=O) groups is 2. The molecule has 1 fully saturated rings. The van der Waals surface area contributed by atoms with Crippen molar-refractivity contribution in [1.29, 1.82) is 0 Å². The fourth-order valence-electron chi connectivity index (χ4n) is 4.65. The van der Waals surface area contributed by atoms with Gasteiger partial charge in [0, 0.05) is 18.8 Å². The van der Waals surface area contributed by atoms with Crippen molar-refractivity contribution in [2.75, 3.05) is 0 Å². The Labute approximate surface area is 221 Å². The van der Waals surface area contributed by atoms with Crippen molar-refractivity contribution in [1.82, 2.24) is 0 Å². The van der Waals surface area contributed by atoms with Crippen LogP contribution in [0, 0.1) is 17.8 Å². The Morgan fingerprint density at radius 3 is 2.57 bits per heavy atom. The number of rotatable bonds is 8. The molecular formula is C29H46O8. The number of hydrogen-bond donors (Lipinski definition) is 3. The standard InChI is InChI=1S/C29H46O8/c1-17(15-24-28(36-24)20(4)21(5)30)9-8-10-18(2)27-19(3)11-12-25(35-22(6)31)29(7,34)14-13-23(32)16-26(33)37-27/h8-12,17,19-21,23-25,27-28,30,32,34H,13-16H2,1-7H3/b9-8+,12-11+,18-10+/t17-,19+,20-,21+,23-,24-,25+,27-,28-,29-/m0/s1. The van der Waals surface area contributed by atoms with Gasteiger partial charge in [-0.25, -0.2) is 0 Å². The highest BCUT2D eigenvalue weighted by Crippen LogP contribution is 2.36. The van der Waals surface area contributed by atoms with Gasteiger partial charge in [0.2, 0.25) is 0 Å². The van der Waals surface area contributed by atoms with Crippen molar-refractivity contribution in [2.45, 2.75) is 116 Å². The molecular weight excluding hydrogens is 476 g/mol. The summed E-state index contributed by atoms with van der Waals surface area (Å²) >= 11 is 0. The molecule has 2 heterocycles. The molecule has 0 aromatic rings. The van der Waals surface area contributed by atoms with Crippen LogP contribution in [0.25, 0.3) is 0 Å². The van der Waals surface area contributed by atoms with Crippen LogP contribution in [-0.2, 0) is 23.8 Å². The highest BCUT2D eigenvalue weighted by Gasteiger charge is 2.44. The summed E-state index contributed by atoms with van der Waals surface area (Å²) in [4.78, 5) is 24.2. The minimum Gasteiger partial charge on any atom is -0.457 e. The largest absolute Gasteiger partial charge is 0.457 e. The molecule has 1 saturated heterocycles. The molecule has 0 aromatic carbocycles. The SMILES string of the molecule is CC(=O)O[C@@H]1/C=C/[C@@H](C)[C@H](/C(C)=C/C=C/[C@H](C)C[C@@H]2O[C@H]2[C@@H](C)[C@@H](C)O)OC(=O)C[C@@H](O)CC[C@]1(C)O. The Kier molecular flexibility index (Phi) is 11.6. The molecule has 0 aliphatic carbocycles. The lowest BCUT2D eigenvalue weighted by Crippen LogP contribution is -2.42. The molecule has 0 unspecified atom stereocenters. The fourth-order valence-corrected chi connectivity index (χ4v) is 4.65. The van der Waals surface area contributed by atoms with Gasteiger partial charge in [-0.3, -0.25) is 9.59 Å². The van der Waals surface area contributed by atoms with Crippen LogP contribution in [0.1, 0.15) is 74.1 Å². The van der Waals surface area contributed by atoms with E-state index in [0.29, 0.717) is 0 Å². The Balaban J connectivity index is 2.14. The van der Waals surface area contributed by atoms with Crippen LogP contribution in [0.5, 0.6) is 0 Å². The Morgan fingerprint density at radius 1 is 1.27 bits per heavy atom. The van der Waals surface area contributed by atoms with Crippen LogP contribution in [-0.4, -0.2) is 69.5 Å². The first-order chi connectivity index (χ1) is 17.2. The smallest absolute Gasteiger partial charge is 0.309 e. The fraction of sp³-hybridized carbons (Fsp3) is 0.724. The molecule has 0 amide bonds. The third-order valence-corrected chi connectivity index (χ3v) is 7.37. The van der Waals surface area contributed by atoms with Crippen molar-refractivity contribution in [3.8, 4) is 0 Å². The number of aliphatic hydroxyl groups is 3. The van der Waals surface area contributed by atoms with Crippen molar-refractivity contribution in [2.24, 2.45) is 17.8 Å². The average molecular weight is 523 g/mol. The molecule has 0 radical (unpaired) electrons. The summed E-state index contributed by atoms with van der Waals surface area (Å²) < 4.78 is 16.9.